The van der Waals surface area contributed by atoms with Gasteiger partial charge in [0.2, 0.25) is 0 Å². The Labute approximate surface area is 161 Å². The van der Waals surface area contributed by atoms with Crippen LogP contribution >= 0.6 is 11.6 Å². The number of benzene rings is 1. The molecule has 0 fully saturated rings. The van der Waals surface area contributed by atoms with Crippen molar-refractivity contribution in [3.63, 3.8) is 0 Å². The number of amides is 1. The fraction of sp³-hybridized carbons (Fsp3) is 0.200. The van der Waals surface area contributed by atoms with E-state index in [-0.39, 0.29) is 17.9 Å². The molecule has 0 aliphatic carbocycles. The normalized spacial score (nSPS) is 10.7. The summed E-state index contributed by atoms with van der Waals surface area (Å²) in [5.74, 6) is 0.715. The van der Waals surface area contributed by atoms with Crippen molar-refractivity contribution in [1.29, 1.82) is 0 Å². The molecule has 0 bridgehead atoms. The van der Waals surface area contributed by atoms with Gasteiger partial charge in [0.15, 0.2) is 5.76 Å². The van der Waals surface area contributed by atoms with E-state index in [2.05, 4.69) is 5.43 Å². The van der Waals surface area contributed by atoms with Crippen molar-refractivity contribution >= 4 is 17.5 Å². The fourth-order valence-corrected chi connectivity index (χ4v) is 2.73. The van der Waals surface area contributed by atoms with Crippen LogP contribution in [0, 0.1) is 20.8 Å². The molecule has 0 radical (unpaired) electrons. The average molecular weight is 387 g/mol. The molecule has 7 heteroatoms. The number of carbonyl (C=O) groups excluding carboxylic acids is 1. The number of hydrogen-bond donors (Lipinski definition) is 1. The smallest absolute Gasteiger partial charge is 0.305 e. The van der Waals surface area contributed by atoms with Gasteiger partial charge in [-0.05, 0) is 68.3 Å². The number of pyridine rings is 1. The Hall–Kier alpha value is -2.99. The number of ether oxygens (including phenoxy) is 1. The molecule has 0 atom stereocenters. The number of nitrogens with one attached hydrogen (secondary N) is 1. The van der Waals surface area contributed by atoms with Crippen LogP contribution in [0.4, 0.5) is 0 Å². The fourth-order valence-electron chi connectivity index (χ4n) is 2.61. The van der Waals surface area contributed by atoms with E-state index in [9.17, 15) is 9.59 Å². The zero-order valence-corrected chi connectivity index (χ0v) is 16.0. The number of aryl methyl sites for hydroxylation is 3. The topological polar surface area (TPSA) is 73.5 Å². The van der Waals surface area contributed by atoms with Crippen LogP contribution in [0.5, 0.6) is 5.75 Å². The van der Waals surface area contributed by atoms with E-state index in [0.29, 0.717) is 22.2 Å². The highest BCUT2D eigenvalue weighted by Crippen LogP contribution is 2.22. The second-order valence-electron chi connectivity index (χ2n) is 6.25. The monoisotopic (exact) mass is 386 g/mol. The summed E-state index contributed by atoms with van der Waals surface area (Å²) in [6.07, 6.45) is 0. The Kier molecular flexibility index (Phi) is 5.37. The van der Waals surface area contributed by atoms with E-state index in [1.54, 1.807) is 31.2 Å². The van der Waals surface area contributed by atoms with Gasteiger partial charge in [-0.2, -0.15) is 0 Å². The van der Waals surface area contributed by atoms with Crippen molar-refractivity contribution < 1.29 is 13.9 Å². The highest BCUT2D eigenvalue weighted by atomic mass is 35.5. The molecule has 140 valence electrons. The predicted octanol–water partition coefficient (Wildman–Crippen LogP) is 3.98. The molecule has 1 amide bonds. The molecule has 6 nitrogen and oxygen atoms in total. The second kappa shape index (κ2) is 7.72. The van der Waals surface area contributed by atoms with Crippen molar-refractivity contribution in [1.82, 2.24) is 4.68 Å². The summed E-state index contributed by atoms with van der Waals surface area (Å²) >= 11 is 5.99. The zero-order valence-electron chi connectivity index (χ0n) is 15.2. The van der Waals surface area contributed by atoms with E-state index < -0.39 is 5.91 Å². The lowest BCUT2D eigenvalue weighted by Crippen LogP contribution is -2.34. The number of hydrogen-bond acceptors (Lipinski definition) is 4. The Morgan fingerprint density at radius 1 is 1.15 bits per heavy atom. The minimum atomic E-state index is -0.516. The molecule has 2 aromatic heterocycles. The lowest BCUT2D eigenvalue weighted by molar-refractivity contribution is 0.0976. The molecule has 1 N–H and O–H groups in total. The van der Waals surface area contributed by atoms with Crippen molar-refractivity contribution in [2.24, 2.45) is 0 Å². The second-order valence-corrected chi connectivity index (χ2v) is 6.66. The minimum Gasteiger partial charge on any atom is -0.486 e. The number of rotatable bonds is 5. The lowest BCUT2D eigenvalue weighted by atomic mass is 10.2. The lowest BCUT2D eigenvalue weighted by Gasteiger charge is -2.10. The largest absolute Gasteiger partial charge is 0.486 e. The predicted molar refractivity (Wildman–Crippen MR) is 103 cm³/mol. The van der Waals surface area contributed by atoms with Crippen molar-refractivity contribution in [2.45, 2.75) is 27.4 Å². The van der Waals surface area contributed by atoms with Crippen LogP contribution < -0.4 is 15.7 Å². The highest BCUT2D eigenvalue weighted by molar-refractivity contribution is 6.31. The first-order chi connectivity index (χ1) is 12.8. The van der Waals surface area contributed by atoms with Gasteiger partial charge in [-0.25, -0.2) is 4.68 Å². The molecule has 0 aliphatic rings. The summed E-state index contributed by atoms with van der Waals surface area (Å²) < 4.78 is 12.4. The van der Waals surface area contributed by atoms with Gasteiger partial charge >= 0.3 is 5.91 Å². The van der Waals surface area contributed by atoms with Crippen LogP contribution in [0.1, 0.15) is 33.1 Å². The summed E-state index contributed by atoms with van der Waals surface area (Å²) in [7, 11) is 0. The van der Waals surface area contributed by atoms with Gasteiger partial charge in [0, 0.05) is 16.8 Å². The maximum atomic E-state index is 12.4. The summed E-state index contributed by atoms with van der Waals surface area (Å²) in [6.45, 7) is 5.61. The van der Waals surface area contributed by atoms with Crippen LogP contribution in [0.2, 0.25) is 5.02 Å². The molecular formula is C20H19ClN2O4. The number of carbonyl (C=O) groups is 1. The summed E-state index contributed by atoms with van der Waals surface area (Å²) in [5, 5.41) is 0.668. The van der Waals surface area contributed by atoms with Gasteiger partial charge in [0.1, 0.15) is 18.1 Å². The first-order valence-electron chi connectivity index (χ1n) is 8.33. The molecule has 0 unspecified atom stereocenters. The van der Waals surface area contributed by atoms with Gasteiger partial charge in [0.05, 0.1) is 0 Å². The Morgan fingerprint density at radius 3 is 2.63 bits per heavy atom. The van der Waals surface area contributed by atoms with E-state index in [1.807, 2.05) is 19.9 Å². The molecule has 0 saturated carbocycles. The Bertz CT molecular complexity index is 1050. The number of furan rings is 1. The molecule has 27 heavy (non-hydrogen) atoms. The number of halogens is 1. The number of aromatic nitrogens is 1. The van der Waals surface area contributed by atoms with Crippen LogP contribution in [0.3, 0.4) is 0 Å². The SMILES string of the molecule is Cc1cc(C)n(NC(=O)c2ccc(COc3ccc(Cl)c(C)c3)o2)c(=O)c1. The third-order valence-electron chi connectivity index (χ3n) is 3.97. The quantitative estimate of drug-likeness (QED) is 0.719. The first kappa shape index (κ1) is 18.8. The van der Waals surface area contributed by atoms with Crippen molar-refractivity contribution in [3.8, 4) is 5.75 Å². The van der Waals surface area contributed by atoms with Crippen LogP contribution in [-0.4, -0.2) is 10.6 Å². The molecule has 1 aromatic carbocycles. The van der Waals surface area contributed by atoms with E-state index >= 15 is 0 Å². The van der Waals surface area contributed by atoms with Crippen molar-refractivity contribution in [3.05, 3.63) is 86.2 Å². The van der Waals surface area contributed by atoms with Gasteiger partial charge in [-0.3, -0.25) is 15.0 Å². The maximum Gasteiger partial charge on any atom is 0.305 e. The van der Waals surface area contributed by atoms with Crippen LogP contribution in [0.15, 0.2) is 51.7 Å². The van der Waals surface area contributed by atoms with E-state index in [4.69, 9.17) is 20.8 Å². The van der Waals surface area contributed by atoms with Gasteiger partial charge in [-0.1, -0.05) is 11.6 Å². The highest BCUT2D eigenvalue weighted by Gasteiger charge is 2.14. The Morgan fingerprint density at radius 2 is 1.93 bits per heavy atom. The zero-order chi connectivity index (χ0) is 19.6. The summed E-state index contributed by atoms with van der Waals surface area (Å²) in [4.78, 5) is 24.4. The van der Waals surface area contributed by atoms with Gasteiger partial charge < -0.3 is 9.15 Å². The molecule has 0 saturated heterocycles. The molecule has 3 aromatic rings. The third-order valence-corrected chi connectivity index (χ3v) is 4.39. The molecule has 0 aliphatic heterocycles. The van der Waals surface area contributed by atoms with Crippen molar-refractivity contribution in [2.75, 3.05) is 5.43 Å². The van der Waals surface area contributed by atoms with Crippen LogP contribution in [0.25, 0.3) is 0 Å². The van der Waals surface area contributed by atoms with E-state index in [0.717, 1.165) is 11.1 Å². The number of nitrogens with zero attached hydrogens (tertiary/aromatic N) is 1. The standard InChI is InChI=1S/C20H19ClN2O4/c1-12-8-14(3)23(19(24)9-12)22-20(25)18-7-5-16(27-18)11-26-15-4-6-17(21)13(2)10-15/h4-10H,11H2,1-3H3,(H,22,25). The average Bonchev–Trinajstić information content (AvgIpc) is 3.08. The van der Waals surface area contributed by atoms with Crippen LogP contribution in [-0.2, 0) is 6.61 Å². The Balaban J connectivity index is 1.67. The first-order valence-corrected chi connectivity index (χ1v) is 8.70. The maximum absolute atomic E-state index is 12.4. The molecule has 0 spiro atoms. The molecular weight excluding hydrogens is 368 g/mol. The molecule has 2 heterocycles. The van der Waals surface area contributed by atoms with Gasteiger partial charge in [0.25, 0.3) is 5.56 Å². The minimum absolute atomic E-state index is 0.0905. The summed E-state index contributed by atoms with van der Waals surface area (Å²) in [6, 6.07) is 11.8. The molecule has 3 rings (SSSR count). The van der Waals surface area contributed by atoms with E-state index in [1.165, 1.54) is 16.8 Å². The summed E-state index contributed by atoms with van der Waals surface area (Å²) in [5.41, 5.74) is 4.60. The third kappa shape index (κ3) is 4.41. The van der Waals surface area contributed by atoms with Gasteiger partial charge in [-0.15, -0.1) is 0 Å².